The van der Waals surface area contributed by atoms with Gasteiger partial charge in [-0.25, -0.2) is 0 Å². The molecule has 0 fully saturated rings. The number of aliphatic carboxylic acids is 6. The highest BCUT2D eigenvalue weighted by atomic mass is 16.4. The maximum atomic E-state index is 10.4. The third-order valence-corrected chi connectivity index (χ3v) is 23.0. The summed E-state index contributed by atoms with van der Waals surface area (Å²) in [7, 11) is 0. The van der Waals surface area contributed by atoms with E-state index >= 15 is 0 Å². The van der Waals surface area contributed by atoms with Crippen molar-refractivity contribution in [1.82, 2.24) is 0 Å². The number of rotatable bonds is 92. The van der Waals surface area contributed by atoms with Crippen molar-refractivity contribution >= 4 is 35.8 Å². The van der Waals surface area contributed by atoms with Gasteiger partial charge >= 0.3 is 35.8 Å². The lowest BCUT2D eigenvalue weighted by Gasteiger charge is -2.03. The first-order valence-corrected chi connectivity index (χ1v) is 51.9. The molecular formula is C104H208O12. The van der Waals surface area contributed by atoms with Crippen LogP contribution in [-0.4, -0.2) is 66.5 Å². The summed E-state index contributed by atoms with van der Waals surface area (Å²) in [4.78, 5) is 61.9. The Bertz CT molecular complexity index is 1820. The molecule has 116 heavy (non-hydrogen) atoms. The van der Waals surface area contributed by atoms with Crippen LogP contribution in [-0.2, 0) is 28.8 Å². The minimum atomic E-state index is -0.657. The van der Waals surface area contributed by atoms with Crippen LogP contribution in [0.2, 0.25) is 0 Å². The molecule has 6 N–H and O–H groups in total. The van der Waals surface area contributed by atoms with Crippen LogP contribution in [0.5, 0.6) is 0 Å². The highest BCUT2D eigenvalue weighted by molar-refractivity contribution is 5.68. The van der Waals surface area contributed by atoms with Crippen molar-refractivity contribution in [2.24, 2.45) is 0 Å². The molecule has 696 valence electrons. The smallest absolute Gasteiger partial charge is 0.303 e. The molecule has 0 atom stereocenters. The van der Waals surface area contributed by atoms with E-state index < -0.39 is 35.8 Å². The van der Waals surface area contributed by atoms with Crippen molar-refractivity contribution in [3.8, 4) is 0 Å². The maximum absolute atomic E-state index is 10.4. The molecule has 0 heterocycles. The number of hydrogen-bond donors (Lipinski definition) is 6. The Morgan fingerprint density at radius 1 is 0.103 bits per heavy atom. The molecule has 0 unspecified atom stereocenters. The highest BCUT2D eigenvalue weighted by Gasteiger charge is 2.05. The summed E-state index contributed by atoms with van der Waals surface area (Å²) in [6.07, 6.45) is 115. The Morgan fingerprint density at radius 3 is 0.207 bits per heavy atom. The zero-order chi connectivity index (χ0) is 86.5. The lowest BCUT2D eigenvalue weighted by Crippen LogP contribution is -1.93. The molecule has 0 bridgehead atoms. The van der Waals surface area contributed by atoms with E-state index in [2.05, 4.69) is 41.5 Å². The summed E-state index contributed by atoms with van der Waals surface area (Å²) in [6.45, 7) is 13.6. The average Bonchev–Trinajstić information content (AvgIpc) is 1.72. The summed E-state index contributed by atoms with van der Waals surface area (Å²) < 4.78 is 0. The normalized spacial score (nSPS) is 10.8. The summed E-state index contributed by atoms with van der Waals surface area (Å²) in [5, 5.41) is 51.0. The minimum Gasteiger partial charge on any atom is -0.481 e. The van der Waals surface area contributed by atoms with Crippen LogP contribution in [0.1, 0.15) is 632 Å². The van der Waals surface area contributed by atoms with Crippen molar-refractivity contribution in [2.75, 3.05) is 0 Å². The summed E-state index contributed by atoms with van der Waals surface area (Å²) in [6, 6.07) is 0. The molecule has 0 spiro atoms. The van der Waals surface area contributed by atoms with E-state index in [1.165, 1.54) is 475 Å². The van der Waals surface area contributed by atoms with Gasteiger partial charge in [-0.05, 0) is 38.5 Å². The van der Waals surface area contributed by atoms with Gasteiger partial charge in [-0.1, -0.05) is 555 Å². The Kier molecular flexibility index (Phi) is 128. The fraction of sp³-hybridized carbons (Fsp3) is 0.942. The predicted molar refractivity (Wildman–Crippen MR) is 505 cm³/mol. The van der Waals surface area contributed by atoms with Crippen LogP contribution >= 0.6 is 0 Å². The zero-order valence-electron chi connectivity index (χ0n) is 79.2. The molecule has 0 aromatic rings. The predicted octanol–water partition coefficient (Wildman–Crippen LogP) is 36.4. The van der Waals surface area contributed by atoms with Crippen LogP contribution in [0, 0.1) is 0 Å². The summed E-state index contributed by atoms with van der Waals surface area (Å²) >= 11 is 0. The highest BCUT2D eigenvalue weighted by Crippen LogP contribution is 2.21. The second kappa shape index (κ2) is 120. The Labute approximate surface area is 723 Å². The van der Waals surface area contributed by atoms with E-state index in [-0.39, 0.29) is 0 Å². The lowest BCUT2D eigenvalue weighted by atomic mass is 10.0. The van der Waals surface area contributed by atoms with Crippen molar-refractivity contribution in [1.29, 1.82) is 0 Å². The Hall–Kier alpha value is -3.18. The van der Waals surface area contributed by atoms with Gasteiger partial charge in [0.1, 0.15) is 0 Å². The fourth-order valence-corrected chi connectivity index (χ4v) is 15.2. The second-order valence-electron chi connectivity index (χ2n) is 35.1. The Morgan fingerprint density at radius 2 is 0.155 bits per heavy atom. The van der Waals surface area contributed by atoms with E-state index in [0.29, 0.717) is 38.5 Å². The van der Waals surface area contributed by atoms with Crippen LogP contribution in [0.3, 0.4) is 0 Å². The van der Waals surface area contributed by atoms with Gasteiger partial charge in [0, 0.05) is 38.5 Å². The van der Waals surface area contributed by atoms with E-state index in [0.717, 1.165) is 77.0 Å². The van der Waals surface area contributed by atoms with Gasteiger partial charge in [0.2, 0.25) is 0 Å². The molecule has 12 nitrogen and oxygen atoms in total. The number of carbonyl (C=O) groups is 6. The topological polar surface area (TPSA) is 224 Å². The maximum Gasteiger partial charge on any atom is 0.303 e. The standard InChI is InChI=1S/C20H40O2.C19H38O2.C18H36O2.C17H34O2.C16H32O2.C14H28O2/c1-2-3-4-5-6-7-8-9-10-11-12-13-14-15-16-17-18-19-20(21)22;1-2-3-4-5-6-7-8-9-10-11-12-13-14-15-16-17-18-19(20)21;1-2-3-4-5-6-7-8-9-10-11-12-13-14-15-16-17-18(19)20;1-2-3-4-5-6-7-8-9-10-11-12-13-14-15-16-17(18)19;1-2-3-4-5-6-7-8-9-10-11-12-13-14-15-16(17)18;1-2-3-4-5-6-7-8-9-10-11-12-13-14(15)16/h2-19H2,1H3,(H,21,22);2-18H2,1H3,(H,20,21);2-17H2,1H3,(H,19,20);2-16H2,1H3,(H,18,19);2-15H2,1H3,(H,17,18);2-13H2,1H3,(H,15,16). The molecule has 0 aromatic carbocycles. The van der Waals surface area contributed by atoms with E-state index in [9.17, 15) is 28.8 Å². The molecule has 0 aliphatic heterocycles. The molecule has 0 aliphatic rings. The minimum absolute atomic E-state index is 0.344. The number of unbranched alkanes of at least 4 members (excludes halogenated alkanes) is 80. The number of carboxylic acid groups (broad SMARTS) is 6. The Balaban J connectivity index is -0.000000314. The van der Waals surface area contributed by atoms with Gasteiger partial charge in [-0.2, -0.15) is 0 Å². The van der Waals surface area contributed by atoms with Gasteiger partial charge in [0.15, 0.2) is 0 Å². The van der Waals surface area contributed by atoms with Crippen LogP contribution < -0.4 is 0 Å². The average molecular weight is 1650 g/mol. The van der Waals surface area contributed by atoms with E-state index in [1.807, 2.05) is 0 Å². The van der Waals surface area contributed by atoms with Crippen LogP contribution in [0.25, 0.3) is 0 Å². The van der Waals surface area contributed by atoms with Gasteiger partial charge < -0.3 is 30.6 Å². The molecule has 0 saturated carbocycles. The molecular weight excluding hydrogens is 1440 g/mol. The second-order valence-corrected chi connectivity index (χ2v) is 35.1. The lowest BCUT2D eigenvalue weighted by molar-refractivity contribution is -0.138. The van der Waals surface area contributed by atoms with Gasteiger partial charge in [0.25, 0.3) is 0 Å². The number of hydrogen-bond acceptors (Lipinski definition) is 6. The first-order chi connectivity index (χ1) is 56.6. The molecule has 0 aromatic heterocycles. The summed E-state index contributed by atoms with van der Waals surface area (Å²) in [5.41, 5.74) is 0. The molecule has 0 rings (SSSR count). The first kappa shape index (κ1) is 124. The largest absolute Gasteiger partial charge is 0.481 e. The van der Waals surface area contributed by atoms with Crippen molar-refractivity contribution in [3.63, 3.8) is 0 Å². The van der Waals surface area contributed by atoms with Crippen molar-refractivity contribution < 1.29 is 59.4 Å². The zero-order valence-corrected chi connectivity index (χ0v) is 79.2. The quantitative estimate of drug-likeness (QED) is 0.0313. The molecule has 0 amide bonds. The molecule has 0 saturated heterocycles. The monoisotopic (exact) mass is 1650 g/mol. The van der Waals surface area contributed by atoms with Gasteiger partial charge in [-0.3, -0.25) is 28.8 Å². The van der Waals surface area contributed by atoms with Crippen LogP contribution in [0.4, 0.5) is 0 Å². The van der Waals surface area contributed by atoms with E-state index in [1.54, 1.807) is 0 Å². The van der Waals surface area contributed by atoms with E-state index in [4.69, 9.17) is 30.6 Å². The number of carboxylic acids is 6. The SMILES string of the molecule is CCCCCCCCCCCCCC(=O)O.CCCCCCCCCCCCCCCC(=O)O.CCCCCCCCCCCCCCCCC(=O)O.CCCCCCCCCCCCCCCCCC(=O)O.CCCCCCCCCCCCCCCCCCC(=O)O.CCCCCCCCCCCCCCCCCCCC(=O)O. The van der Waals surface area contributed by atoms with Crippen molar-refractivity contribution in [2.45, 2.75) is 632 Å². The van der Waals surface area contributed by atoms with Crippen LogP contribution in [0.15, 0.2) is 0 Å². The first-order valence-electron chi connectivity index (χ1n) is 51.9. The molecule has 0 aliphatic carbocycles. The third kappa shape index (κ3) is 149. The van der Waals surface area contributed by atoms with Gasteiger partial charge in [0.05, 0.1) is 0 Å². The van der Waals surface area contributed by atoms with Gasteiger partial charge in [-0.15, -0.1) is 0 Å². The summed E-state index contributed by atoms with van der Waals surface area (Å²) in [5.74, 6) is -3.92. The third-order valence-electron chi connectivity index (χ3n) is 23.0. The molecule has 12 heteroatoms. The van der Waals surface area contributed by atoms with Crippen molar-refractivity contribution in [3.05, 3.63) is 0 Å². The molecule has 0 radical (unpaired) electrons. The fourth-order valence-electron chi connectivity index (χ4n) is 15.2.